The Morgan fingerprint density at radius 3 is 2.35 bits per heavy atom. The lowest BCUT2D eigenvalue weighted by Crippen LogP contribution is -2.31. The number of hydrogen-bond acceptors (Lipinski definition) is 2. The van der Waals surface area contributed by atoms with Gasteiger partial charge < -0.3 is 9.47 Å². The smallest absolute Gasteiger partial charge is 0.0882 e. The van der Waals surface area contributed by atoms with Crippen LogP contribution in [-0.4, -0.2) is 19.3 Å². The van der Waals surface area contributed by atoms with Crippen molar-refractivity contribution in [3.8, 4) is 0 Å². The van der Waals surface area contributed by atoms with E-state index in [-0.39, 0.29) is 11.5 Å². The van der Waals surface area contributed by atoms with Crippen LogP contribution < -0.4 is 0 Å². The maximum Gasteiger partial charge on any atom is 0.0882 e. The van der Waals surface area contributed by atoms with Gasteiger partial charge in [-0.15, -0.1) is 0 Å². The molecule has 0 aromatic rings. The lowest BCUT2D eigenvalue weighted by Gasteiger charge is -2.31. The zero-order valence-electron chi connectivity index (χ0n) is 15.4. The van der Waals surface area contributed by atoms with Crippen LogP contribution in [0.1, 0.15) is 72.1 Å². The van der Waals surface area contributed by atoms with Crippen molar-refractivity contribution < 1.29 is 9.47 Å². The van der Waals surface area contributed by atoms with Crippen molar-refractivity contribution in [1.82, 2.24) is 0 Å². The standard InChI is InChI=1S/C21H36O2/c1-4-6-7-8-9-10-11-14-18-22-19-17-21(3)16-13-12-15-20(21)23-5-2/h12-13,15-17,19-20H,4-11,14,18H2,1-3H3. The summed E-state index contributed by atoms with van der Waals surface area (Å²) in [5, 5.41) is 0. The third-order valence-corrected chi connectivity index (χ3v) is 4.45. The fraction of sp³-hybridized carbons (Fsp3) is 0.714. The van der Waals surface area contributed by atoms with Crippen molar-refractivity contribution in [2.24, 2.45) is 5.41 Å². The third kappa shape index (κ3) is 8.41. The Morgan fingerprint density at radius 2 is 1.65 bits per heavy atom. The average molecular weight is 321 g/mol. The quantitative estimate of drug-likeness (QED) is 0.297. The first-order valence-electron chi connectivity index (χ1n) is 9.50. The van der Waals surface area contributed by atoms with E-state index in [0.717, 1.165) is 19.6 Å². The van der Waals surface area contributed by atoms with Crippen LogP contribution in [0.25, 0.3) is 0 Å². The van der Waals surface area contributed by atoms with Crippen LogP contribution in [0.2, 0.25) is 0 Å². The fourth-order valence-corrected chi connectivity index (χ4v) is 2.88. The van der Waals surface area contributed by atoms with E-state index in [2.05, 4.69) is 44.2 Å². The van der Waals surface area contributed by atoms with Gasteiger partial charge in [-0.2, -0.15) is 0 Å². The monoisotopic (exact) mass is 320 g/mol. The highest BCUT2D eigenvalue weighted by Crippen LogP contribution is 2.31. The normalized spacial score (nSPS) is 23.7. The van der Waals surface area contributed by atoms with E-state index in [1.165, 1.54) is 44.9 Å². The molecule has 1 aliphatic carbocycles. The topological polar surface area (TPSA) is 18.5 Å². The Hall–Kier alpha value is -1.02. The third-order valence-electron chi connectivity index (χ3n) is 4.45. The van der Waals surface area contributed by atoms with Crippen LogP contribution in [0, 0.1) is 5.41 Å². The highest BCUT2D eigenvalue weighted by atomic mass is 16.5. The Morgan fingerprint density at radius 1 is 0.957 bits per heavy atom. The van der Waals surface area contributed by atoms with Gasteiger partial charge in [-0.05, 0) is 26.3 Å². The molecule has 0 N–H and O–H groups in total. The molecule has 132 valence electrons. The average Bonchev–Trinajstić information content (AvgIpc) is 2.55. The van der Waals surface area contributed by atoms with E-state index in [9.17, 15) is 0 Å². The maximum atomic E-state index is 5.80. The summed E-state index contributed by atoms with van der Waals surface area (Å²) in [5.41, 5.74) is -0.107. The van der Waals surface area contributed by atoms with E-state index in [4.69, 9.17) is 9.47 Å². The van der Waals surface area contributed by atoms with Gasteiger partial charge in [0, 0.05) is 12.0 Å². The molecule has 23 heavy (non-hydrogen) atoms. The van der Waals surface area contributed by atoms with Crippen LogP contribution in [-0.2, 0) is 9.47 Å². The van der Waals surface area contributed by atoms with Gasteiger partial charge in [-0.3, -0.25) is 0 Å². The molecular formula is C21H36O2. The Bertz CT molecular complexity index is 370. The summed E-state index contributed by atoms with van der Waals surface area (Å²) in [5.74, 6) is 0. The Balaban J connectivity index is 2.11. The molecule has 0 bridgehead atoms. The predicted molar refractivity (Wildman–Crippen MR) is 99.5 cm³/mol. The molecule has 0 aliphatic heterocycles. The van der Waals surface area contributed by atoms with Crippen LogP contribution in [0.5, 0.6) is 0 Å². The largest absolute Gasteiger partial charge is 0.501 e. The minimum absolute atomic E-state index is 0.0977. The van der Waals surface area contributed by atoms with Crippen molar-refractivity contribution in [3.05, 3.63) is 36.6 Å². The number of hydrogen-bond donors (Lipinski definition) is 0. The van der Waals surface area contributed by atoms with Gasteiger partial charge in [0.15, 0.2) is 0 Å². The summed E-state index contributed by atoms with van der Waals surface area (Å²) in [7, 11) is 0. The molecule has 0 saturated carbocycles. The maximum absolute atomic E-state index is 5.80. The first-order valence-corrected chi connectivity index (χ1v) is 9.50. The van der Waals surface area contributed by atoms with Crippen molar-refractivity contribution in [2.75, 3.05) is 13.2 Å². The molecule has 0 saturated heterocycles. The molecule has 1 aliphatic rings. The Labute approximate surface area is 143 Å². The van der Waals surface area contributed by atoms with Crippen LogP contribution in [0.3, 0.4) is 0 Å². The van der Waals surface area contributed by atoms with Crippen LogP contribution in [0.4, 0.5) is 0 Å². The number of ether oxygens (including phenoxy) is 2. The molecule has 0 heterocycles. The van der Waals surface area contributed by atoms with Gasteiger partial charge in [0.05, 0.1) is 19.0 Å². The van der Waals surface area contributed by atoms with E-state index in [1.807, 2.05) is 13.2 Å². The number of allylic oxidation sites excluding steroid dienone is 2. The SMILES string of the molecule is CCCCCCCCCCOC=CC1(C)C=CC=CC1OCC. The minimum atomic E-state index is -0.107. The zero-order chi connectivity index (χ0) is 16.8. The summed E-state index contributed by atoms with van der Waals surface area (Å²) >= 11 is 0. The van der Waals surface area contributed by atoms with Crippen LogP contribution >= 0.6 is 0 Å². The Kier molecular flexibility index (Phi) is 10.8. The van der Waals surface area contributed by atoms with Gasteiger partial charge in [0.2, 0.25) is 0 Å². The molecular weight excluding hydrogens is 284 g/mol. The van der Waals surface area contributed by atoms with Crippen molar-refractivity contribution in [2.45, 2.75) is 78.2 Å². The van der Waals surface area contributed by atoms with Gasteiger partial charge in [0.1, 0.15) is 0 Å². The van der Waals surface area contributed by atoms with Gasteiger partial charge in [-0.25, -0.2) is 0 Å². The predicted octanol–water partition coefficient (Wildman–Crippen LogP) is 6.19. The van der Waals surface area contributed by atoms with Gasteiger partial charge in [-0.1, -0.05) is 76.2 Å². The lowest BCUT2D eigenvalue weighted by molar-refractivity contribution is 0.0446. The highest BCUT2D eigenvalue weighted by molar-refractivity contribution is 5.25. The second-order valence-electron chi connectivity index (χ2n) is 6.63. The first kappa shape index (κ1) is 20.0. The van der Waals surface area contributed by atoms with E-state index >= 15 is 0 Å². The molecule has 0 aromatic heterocycles. The molecule has 2 unspecified atom stereocenters. The molecule has 2 atom stereocenters. The molecule has 2 heteroatoms. The summed E-state index contributed by atoms with van der Waals surface area (Å²) < 4.78 is 11.5. The highest BCUT2D eigenvalue weighted by Gasteiger charge is 2.29. The second kappa shape index (κ2) is 12.4. The van der Waals surface area contributed by atoms with E-state index in [0.29, 0.717) is 0 Å². The second-order valence-corrected chi connectivity index (χ2v) is 6.63. The van der Waals surface area contributed by atoms with E-state index < -0.39 is 0 Å². The van der Waals surface area contributed by atoms with Gasteiger partial charge >= 0.3 is 0 Å². The summed E-state index contributed by atoms with van der Waals surface area (Å²) in [6, 6.07) is 0. The molecule has 0 fully saturated rings. The molecule has 0 radical (unpaired) electrons. The van der Waals surface area contributed by atoms with Gasteiger partial charge in [0.25, 0.3) is 0 Å². The summed E-state index contributed by atoms with van der Waals surface area (Å²) in [6.07, 6.45) is 23.2. The van der Waals surface area contributed by atoms with Crippen molar-refractivity contribution >= 4 is 0 Å². The molecule has 0 spiro atoms. The molecule has 0 amide bonds. The summed E-state index contributed by atoms with van der Waals surface area (Å²) in [4.78, 5) is 0. The van der Waals surface area contributed by atoms with Crippen molar-refractivity contribution in [1.29, 1.82) is 0 Å². The first-order chi connectivity index (χ1) is 11.2. The zero-order valence-corrected chi connectivity index (χ0v) is 15.4. The molecule has 2 nitrogen and oxygen atoms in total. The van der Waals surface area contributed by atoms with Crippen LogP contribution in [0.15, 0.2) is 36.6 Å². The van der Waals surface area contributed by atoms with Crippen molar-refractivity contribution in [3.63, 3.8) is 0 Å². The summed E-state index contributed by atoms with van der Waals surface area (Å²) in [6.45, 7) is 8.03. The lowest BCUT2D eigenvalue weighted by atomic mass is 9.81. The molecule has 1 rings (SSSR count). The fourth-order valence-electron chi connectivity index (χ4n) is 2.88. The number of rotatable bonds is 13. The minimum Gasteiger partial charge on any atom is -0.501 e. The van der Waals surface area contributed by atoms with E-state index in [1.54, 1.807) is 0 Å². The molecule has 0 aromatic carbocycles. The number of unbranched alkanes of at least 4 members (excludes halogenated alkanes) is 7.